The van der Waals surface area contributed by atoms with Crippen molar-refractivity contribution in [3.63, 3.8) is 0 Å². The zero-order chi connectivity index (χ0) is 25.6. The molecule has 0 aliphatic heterocycles. The zero-order valence-corrected chi connectivity index (χ0v) is 18.5. The Balaban J connectivity index is 1.46. The second-order valence-corrected chi connectivity index (χ2v) is 8.57. The molecule has 4 aromatic carbocycles. The smallest absolute Gasteiger partial charge is 0.429 e. The highest BCUT2D eigenvalue weighted by molar-refractivity contribution is 5.72. The van der Waals surface area contributed by atoms with E-state index >= 15 is 0 Å². The quantitative estimate of drug-likeness (QED) is 0.249. The number of alkyl halides is 2. The van der Waals surface area contributed by atoms with Crippen molar-refractivity contribution in [1.29, 1.82) is 0 Å². The third-order valence-corrected chi connectivity index (χ3v) is 6.13. The highest BCUT2D eigenvalue weighted by Gasteiger charge is 2.41. The number of benzene rings is 4. The fourth-order valence-electron chi connectivity index (χ4n) is 4.47. The maximum Gasteiger partial charge on any atom is 0.432 e. The van der Waals surface area contributed by atoms with Gasteiger partial charge in [-0.05, 0) is 65.3 Å². The molecule has 0 aromatic heterocycles. The lowest BCUT2D eigenvalue weighted by molar-refractivity contribution is -0.189. The molecule has 0 N–H and O–H groups in total. The van der Waals surface area contributed by atoms with Crippen molar-refractivity contribution in [2.45, 2.75) is 25.4 Å². The molecule has 0 fully saturated rings. The first-order chi connectivity index (χ1) is 17.1. The van der Waals surface area contributed by atoms with Gasteiger partial charge in [0.2, 0.25) is 0 Å². The molecule has 0 saturated heterocycles. The number of fused-ring (bicyclic) bond motifs is 1. The number of ether oxygens (including phenoxy) is 1. The summed E-state index contributed by atoms with van der Waals surface area (Å²) in [5.41, 5.74) is 1.53. The molecule has 0 atom stereocenters. The molecule has 0 heterocycles. The predicted octanol–water partition coefficient (Wildman–Crippen LogP) is 8.33. The Hall–Kier alpha value is -3.81. The van der Waals surface area contributed by atoms with Crippen molar-refractivity contribution in [3.8, 4) is 28.0 Å². The topological polar surface area (TPSA) is 9.23 Å². The number of halogens is 7. The minimum atomic E-state index is -4.61. The highest BCUT2D eigenvalue weighted by atomic mass is 19.3. The van der Waals surface area contributed by atoms with Crippen LogP contribution in [0.2, 0.25) is 0 Å². The van der Waals surface area contributed by atoms with Crippen molar-refractivity contribution in [1.82, 2.24) is 0 Å². The number of hydrogen-bond donors (Lipinski definition) is 0. The number of hydrogen-bond acceptors (Lipinski definition) is 1. The van der Waals surface area contributed by atoms with Crippen LogP contribution in [0, 0.1) is 29.1 Å². The molecular formula is C28H17F7O. The van der Waals surface area contributed by atoms with E-state index in [1.807, 2.05) is 18.2 Å². The molecular weight excluding hydrogens is 485 g/mol. The van der Waals surface area contributed by atoms with E-state index in [4.69, 9.17) is 0 Å². The van der Waals surface area contributed by atoms with Crippen LogP contribution in [0.5, 0.6) is 5.75 Å². The Morgan fingerprint density at radius 3 is 1.83 bits per heavy atom. The average Bonchev–Trinajstić information content (AvgIpc) is 3.25. The van der Waals surface area contributed by atoms with E-state index in [-0.39, 0.29) is 11.1 Å². The zero-order valence-electron chi connectivity index (χ0n) is 18.5. The largest absolute Gasteiger partial charge is 0.432 e. The van der Waals surface area contributed by atoms with Gasteiger partial charge in [0.1, 0.15) is 40.4 Å². The Bertz CT molecular complexity index is 1440. The standard InChI is InChI=1S/C28H17F7O/c29-20-12-21(30)14-22(13-20)36-28(34,35)27-25(32)10-19(11-26(27)33)23-7-6-18(9-24(23)31)17-5-4-15-2-1-3-16(15)8-17/h4-14H,1-3H2. The second kappa shape index (κ2) is 9.00. The fourth-order valence-corrected chi connectivity index (χ4v) is 4.47. The predicted molar refractivity (Wildman–Crippen MR) is 120 cm³/mol. The lowest BCUT2D eigenvalue weighted by Crippen LogP contribution is -2.25. The van der Waals surface area contributed by atoms with E-state index in [0.29, 0.717) is 35.9 Å². The molecule has 1 aliphatic carbocycles. The molecule has 36 heavy (non-hydrogen) atoms. The molecule has 0 unspecified atom stereocenters. The molecule has 8 heteroatoms. The summed E-state index contributed by atoms with van der Waals surface area (Å²) < 4.78 is 104. The first kappa shape index (κ1) is 23.9. The van der Waals surface area contributed by atoms with Crippen molar-refractivity contribution in [2.24, 2.45) is 0 Å². The van der Waals surface area contributed by atoms with E-state index in [1.54, 1.807) is 6.07 Å². The lowest BCUT2D eigenvalue weighted by atomic mass is 9.96. The average molecular weight is 502 g/mol. The Kier molecular flexibility index (Phi) is 5.98. The van der Waals surface area contributed by atoms with Gasteiger partial charge >= 0.3 is 6.11 Å². The Labute approximate surface area is 201 Å². The normalized spacial score (nSPS) is 13.1. The fraction of sp³-hybridized carbons (Fsp3) is 0.143. The van der Waals surface area contributed by atoms with Crippen LogP contribution in [0.15, 0.2) is 66.7 Å². The van der Waals surface area contributed by atoms with E-state index in [0.717, 1.165) is 24.8 Å². The van der Waals surface area contributed by atoms with E-state index in [2.05, 4.69) is 4.74 Å². The SMILES string of the molecule is Fc1cc(F)cc(OC(F)(F)c2c(F)cc(-c3ccc(-c4ccc5c(c4)CCC5)cc3F)cc2F)c1. The molecule has 184 valence electrons. The van der Waals surface area contributed by atoms with Gasteiger partial charge in [-0.1, -0.05) is 30.3 Å². The van der Waals surface area contributed by atoms with Crippen molar-refractivity contribution in [2.75, 3.05) is 0 Å². The van der Waals surface area contributed by atoms with Crippen LogP contribution in [0.25, 0.3) is 22.3 Å². The minimum Gasteiger partial charge on any atom is -0.429 e. The molecule has 1 nitrogen and oxygen atoms in total. The Morgan fingerprint density at radius 2 is 1.17 bits per heavy atom. The van der Waals surface area contributed by atoms with Crippen LogP contribution >= 0.6 is 0 Å². The summed E-state index contributed by atoms with van der Waals surface area (Å²) >= 11 is 0. The van der Waals surface area contributed by atoms with Gasteiger partial charge in [0.15, 0.2) is 0 Å². The Morgan fingerprint density at radius 1 is 0.583 bits per heavy atom. The third kappa shape index (κ3) is 4.55. The van der Waals surface area contributed by atoms with Gasteiger partial charge in [0, 0.05) is 23.8 Å². The molecule has 0 radical (unpaired) electrons. The highest BCUT2D eigenvalue weighted by Crippen LogP contribution is 2.38. The number of aryl methyl sites for hydroxylation is 2. The monoisotopic (exact) mass is 502 g/mol. The summed E-state index contributed by atoms with van der Waals surface area (Å²) in [4.78, 5) is 0. The molecule has 0 amide bonds. The maximum atomic E-state index is 15.0. The van der Waals surface area contributed by atoms with Gasteiger partial charge in [-0.15, -0.1) is 0 Å². The first-order valence-corrected chi connectivity index (χ1v) is 11.1. The van der Waals surface area contributed by atoms with Crippen molar-refractivity contribution < 1.29 is 35.5 Å². The molecule has 0 bridgehead atoms. The van der Waals surface area contributed by atoms with Crippen molar-refractivity contribution >= 4 is 0 Å². The van der Waals surface area contributed by atoms with Crippen LogP contribution < -0.4 is 4.74 Å². The summed E-state index contributed by atoms with van der Waals surface area (Å²) in [5.74, 6) is -7.61. The van der Waals surface area contributed by atoms with Gasteiger partial charge in [-0.3, -0.25) is 0 Å². The van der Waals surface area contributed by atoms with Crippen LogP contribution in [-0.2, 0) is 19.0 Å². The summed E-state index contributed by atoms with van der Waals surface area (Å²) in [6, 6.07) is 12.4. The number of rotatable bonds is 5. The third-order valence-electron chi connectivity index (χ3n) is 6.13. The minimum absolute atomic E-state index is 0.194. The lowest BCUT2D eigenvalue weighted by Gasteiger charge is -2.20. The molecule has 4 aromatic rings. The summed E-state index contributed by atoms with van der Waals surface area (Å²) in [6.45, 7) is 0. The van der Waals surface area contributed by atoms with Gasteiger partial charge in [0.25, 0.3) is 0 Å². The van der Waals surface area contributed by atoms with Gasteiger partial charge in [-0.2, -0.15) is 8.78 Å². The van der Waals surface area contributed by atoms with Crippen LogP contribution in [-0.4, -0.2) is 0 Å². The van der Waals surface area contributed by atoms with Gasteiger partial charge in [0.05, 0.1) is 0 Å². The summed E-state index contributed by atoms with van der Waals surface area (Å²) in [5, 5.41) is 0. The second-order valence-electron chi connectivity index (χ2n) is 8.57. The molecule has 0 saturated carbocycles. The van der Waals surface area contributed by atoms with Crippen LogP contribution in [0.1, 0.15) is 23.1 Å². The van der Waals surface area contributed by atoms with Gasteiger partial charge < -0.3 is 4.74 Å². The van der Waals surface area contributed by atoms with Crippen LogP contribution in [0.4, 0.5) is 30.7 Å². The summed E-state index contributed by atoms with van der Waals surface area (Å²) in [7, 11) is 0. The van der Waals surface area contributed by atoms with Gasteiger partial charge in [-0.25, -0.2) is 22.0 Å². The van der Waals surface area contributed by atoms with E-state index in [1.165, 1.54) is 23.3 Å². The first-order valence-electron chi connectivity index (χ1n) is 11.1. The molecule has 5 rings (SSSR count). The molecule has 0 spiro atoms. The summed E-state index contributed by atoms with van der Waals surface area (Å²) in [6.07, 6.45) is -1.61. The maximum absolute atomic E-state index is 15.0. The van der Waals surface area contributed by atoms with Crippen molar-refractivity contribution in [3.05, 3.63) is 113 Å². The van der Waals surface area contributed by atoms with E-state index < -0.39 is 46.5 Å². The van der Waals surface area contributed by atoms with E-state index in [9.17, 15) is 30.7 Å². The molecule has 1 aliphatic rings. The van der Waals surface area contributed by atoms with Crippen LogP contribution in [0.3, 0.4) is 0 Å².